The van der Waals surface area contributed by atoms with Gasteiger partial charge in [-0.15, -0.1) is 0 Å². The topological polar surface area (TPSA) is 64.7 Å². The minimum atomic E-state index is -2.59. The van der Waals surface area contributed by atoms with E-state index < -0.39 is 14.6 Å². The third kappa shape index (κ3) is 11.7. The van der Waals surface area contributed by atoms with E-state index in [-0.39, 0.29) is 0 Å². The Hall–Kier alpha value is -2.24. The van der Waals surface area contributed by atoms with Crippen molar-refractivity contribution in [2.24, 2.45) is 0 Å². The molecule has 0 aliphatic rings. The first kappa shape index (κ1) is 34.0. The molecule has 0 atom stereocenters. The Labute approximate surface area is 252 Å². The fraction of sp³-hybridized carbons (Fsp3) is 0.400. The van der Waals surface area contributed by atoms with Gasteiger partial charge in [0.25, 0.3) is 0 Å². The second-order valence-electron chi connectivity index (χ2n) is 9.40. The van der Waals surface area contributed by atoms with Crippen molar-refractivity contribution in [3.8, 4) is 0 Å². The van der Waals surface area contributed by atoms with Gasteiger partial charge in [0.1, 0.15) is 0 Å². The van der Waals surface area contributed by atoms with Gasteiger partial charge in [0.05, 0.1) is 0 Å². The van der Waals surface area contributed by atoms with E-state index in [1.807, 2.05) is 98.2 Å². The van der Waals surface area contributed by atoms with E-state index in [1.165, 1.54) is 0 Å². The molecule has 0 fully saturated rings. The summed E-state index contributed by atoms with van der Waals surface area (Å²) in [5.41, 5.74) is 2.20. The summed E-state index contributed by atoms with van der Waals surface area (Å²) in [4.78, 5) is 4.03. The molecule has 2 aromatic carbocycles. The van der Waals surface area contributed by atoms with Gasteiger partial charge in [-0.05, 0) is 35.6 Å². The highest BCUT2D eigenvalue weighted by molar-refractivity contribution is 7.81. The summed E-state index contributed by atoms with van der Waals surface area (Å²) in [6.45, 7) is 9.86. The van der Waals surface area contributed by atoms with Crippen molar-refractivity contribution >= 4 is 61.4 Å². The van der Waals surface area contributed by atoms with Crippen molar-refractivity contribution in [2.75, 3.05) is 50.8 Å². The maximum absolute atomic E-state index is 13.2. The molecule has 2 aromatic rings. The largest absolute Gasteiger partial charge is 0.344 e. The fourth-order valence-electron chi connectivity index (χ4n) is 3.81. The van der Waals surface area contributed by atoms with Gasteiger partial charge in [-0.2, -0.15) is 0 Å². The summed E-state index contributed by atoms with van der Waals surface area (Å²) in [7, 11) is -5.18. The standard InChI is InChI=1S/C30H44N4O2P2S2/c1-5-37(35,6-2)31-29(39)33(23-15-21-27-17-11-9-12-18-27)25-26-34(30(40)32-38(36,7-3)8-4)24-16-22-28-19-13-10-14-20-28/h9-22H,5-8,23-26H2,1-4H3,(H,31,35,39)(H,32,36,40). The molecule has 0 amide bonds. The summed E-state index contributed by atoms with van der Waals surface area (Å²) in [6.07, 6.45) is 10.4. The second kappa shape index (κ2) is 17.5. The van der Waals surface area contributed by atoms with E-state index in [4.69, 9.17) is 24.4 Å². The van der Waals surface area contributed by atoms with Crippen molar-refractivity contribution in [2.45, 2.75) is 27.7 Å². The highest BCUT2D eigenvalue weighted by atomic mass is 32.1. The molecule has 2 rings (SSSR count). The fourth-order valence-corrected chi connectivity index (χ4v) is 7.64. The van der Waals surface area contributed by atoms with Crippen LogP contribution < -0.4 is 10.2 Å². The van der Waals surface area contributed by atoms with Crippen LogP contribution in [0.25, 0.3) is 12.2 Å². The Kier molecular flexibility index (Phi) is 14.9. The van der Waals surface area contributed by atoms with E-state index in [1.54, 1.807) is 0 Å². The maximum atomic E-state index is 13.2. The lowest BCUT2D eigenvalue weighted by molar-refractivity contribution is 0.373. The van der Waals surface area contributed by atoms with Crippen LogP contribution >= 0.6 is 39.0 Å². The van der Waals surface area contributed by atoms with Gasteiger partial charge in [0.15, 0.2) is 24.8 Å². The average molecular weight is 619 g/mol. The molecule has 0 radical (unpaired) electrons. The van der Waals surface area contributed by atoms with Gasteiger partial charge in [0, 0.05) is 50.8 Å². The highest BCUT2D eigenvalue weighted by Crippen LogP contribution is 2.40. The summed E-state index contributed by atoms with van der Waals surface area (Å²) >= 11 is 11.5. The molecule has 6 nitrogen and oxygen atoms in total. The first-order valence-electron chi connectivity index (χ1n) is 13.9. The molecule has 2 N–H and O–H groups in total. The van der Waals surface area contributed by atoms with Crippen molar-refractivity contribution in [1.29, 1.82) is 0 Å². The van der Waals surface area contributed by atoms with E-state index >= 15 is 0 Å². The van der Waals surface area contributed by atoms with Gasteiger partial charge in [-0.3, -0.25) is 0 Å². The summed E-state index contributed by atoms with van der Waals surface area (Å²) in [6, 6.07) is 20.2. The van der Waals surface area contributed by atoms with Crippen LogP contribution in [-0.4, -0.2) is 70.9 Å². The normalized spacial score (nSPS) is 12.0. The number of rotatable bonds is 15. The maximum Gasteiger partial charge on any atom is 0.174 e. The van der Waals surface area contributed by atoms with E-state index in [0.29, 0.717) is 61.1 Å². The molecule has 0 bridgehead atoms. The van der Waals surface area contributed by atoms with Crippen LogP contribution in [-0.2, 0) is 9.13 Å². The predicted molar refractivity (Wildman–Crippen MR) is 183 cm³/mol. The molecule has 10 heteroatoms. The third-order valence-electron chi connectivity index (χ3n) is 6.73. The molecule has 0 saturated carbocycles. The van der Waals surface area contributed by atoms with Crippen LogP contribution in [0, 0.1) is 0 Å². The zero-order valence-corrected chi connectivity index (χ0v) is 27.6. The Morgan fingerprint density at radius 3 is 1.27 bits per heavy atom. The Bertz CT molecular complexity index is 1110. The smallest absolute Gasteiger partial charge is 0.174 e. The first-order valence-corrected chi connectivity index (χ1v) is 18.9. The lowest BCUT2D eigenvalue weighted by Crippen LogP contribution is -2.46. The number of nitrogens with one attached hydrogen (secondary N) is 2. The summed E-state index contributed by atoms with van der Waals surface area (Å²) in [5.74, 6) is 0. The minimum absolute atomic E-state index is 0.469. The lowest BCUT2D eigenvalue weighted by Gasteiger charge is -2.32. The Morgan fingerprint density at radius 1 is 0.650 bits per heavy atom. The zero-order valence-electron chi connectivity index (χ0n) is 24.2. The predicted octanol–water partition coefficient (Wildman–Crippen LogP) is 7.40. The SMILES string of the molecule is CCP(=O)(CC)NC(=S)N(CC=Cc1ccccc1)CCN(CC=Cc1ccccc1)C(=S)NP(=O)(CC)CC. The molecular formula is C30H44N4O2P2S2. The summed E-state index contributed by atoms with van der Waals surface area (Å²) in [5, 5.41) is 7.28. The molecule has 0 unspecified atom stereocenters. The van der Waals surface area contributed by atoms with Gasteiger partial charge in [-0.25, -0.2) is 0 Å². The van der Waals surface area contributed by atoms with Crippen LogP contribution in [0.5, 0.6) is 0 Å². The Balaban J connectivity index is 2.24. The van der Waals surface area contributed by atoms with Crippen molar-refractivity contribution in [3.05, 3.63) is 83.9 Å². The van der Waals surface area contributed by atoms with Gasteiger partial charge in [0.2, 0.25) is 0 Å². The molecule has 0 spiro atoms. The van der Waals surface area contributed by atoms with Gasteiger partial charge in [-0.1, -0.05) is 113 Å². The molecule has 0 aliphatic carbocycles. The first-order chi connectivity index (χ1) is 19.2. The second-order valence-corrected chi connectivity index (χ2v) is 16.7. The molecule has 40 heavy (non-hydrogen) atoms. The lowest BCUT2D eigenvalue weighted by atomic mass is 10.2. The molecule has 0 heterocycles. The number of thiocarbonyl (C=S) groups is 2. The summed E-state index contributed by atoms with van der Waals surface area (Å²) < 4.78 is 26.4. The van der Waals surface area contributed by atoms with Crippen LogP contribution in [0.4, 0.5) is 0 Å². The number of hydrogen-bond donors (Lipinski definition) is 2. The van der Waals surface area contributed by atoms with E-state index in [2.05, 4.69) is 34.5 Å². The molecule has 0 aliphatic heterocycles. The molecule has 0 aromatic heterocycles. The zero-order chi connectivity index (χ0) is 29.4. The monoisotopic (exact) mass is 618 g/mol. The van der Waals surface area contributed by atoms with Crippen LogP contribution in [0.15, 0.2) is 72.8 Å². The Morgan fingerprint density at radius 2 is 0.975 bits per heavy atom. The highest BCUT2D eigenvalue weighted by Gasteiger charge is 2.23. The van der Waals surface area contributed by atoms with Crippen LogP contribution in [0.3, 0.4) is 0 Å². The molecule has 218 valence electrons. The minimum Gasteiger partial charge on any atom is -0.344 e. The van der Waals surface area contributed by atoms with E-state index in [9.17, 15) is 9.13 Å². The molecule has 0 saturated heterocycles. The van der Waals surface area contributed by atoms with Crippen molar-refractivity contribution in [3.63, 3.8) is 0 Å². The third-order valence-corrected chi connectivity index (χ3v) is 13.1. The number of nitrogens with zero attached hydrogens (tertiary/aromatic N) is 2. The van der Waals surface area contributed by atoms with Gasteiger partial charge >= 0.3 is 0 Å². The quantitative estimate of drug-likeness (QED) is 0.158. The number of hydrogen-bond acceptors (Lipinski definition) is 4. The van der Waals surface area contributed by atoms with E-state index in [0.717, 1.165) is 11.1 Å². The molecular weight excluding hydrogens is 574 g/mol. The average Bonchev–Trinajstić information content (AvgIpc) is 2.98. The van der Waals surface area contributed by atoms with Crippen LogP contribution in [0.1, 0.15) is 38.8 Å². The van der Waals surface area contributed by atoms with Crippen molar-refractivity contribution < 1.29 is 9.13 Å². The number of benzene rings is 2. The van der Waals surface area contributed by atoms with Crippen LogP contribution in [0.2, 0.25) is 0 Å². The van der Waals surface area contributed by atoms with Gasteiger partial charge < -0.3 is 29.1 Å². The van der Waals surface area contributed by atoms with Crippen molar-refractivity contribution in [1.82, 2.24) is 20.0 Å².